The van der Waals surface area contributed by atoms with Gasteiger partial charge in [0.25, 0.3) is 11.8 Å². The van der Waals surface area contributed by atoms with Gasteiger partial charge in [-0.1, -0.05) is 48.5 Å². The molecule has 4 aromatic rings. The van der Waals surface area contributed by atoms with Crippen molar-refractivity contribution >= 4 is 58.0 Å². The minimum Gasteiger partial charge on any atom is -0.307 e. The van der Waals surface area contributed by atoms with Gasteiger partial charge in [0.1, 0.15) is 0 Å². The fourth-order valence-corrected chi connectivity index (χ4v) is 4.64. The second kappa shape index (κ2) is 11.9. The normalized spacial score (nSPS) is 11.2. The highest BCUT2D eigenvalue weighted by Crippen LogP contribution is 2.19. The molecule has 0 unspecified atom stereocenters. The molecule has 0 fully saturated rings. The van der Waals surface area contributed by atoms with Crippen molar-refractivity contribution in [1.29, 1.82) is 0 Å². The molecule has 0 bridgehead atoms. The molecule has 0 N–H and O–H groups in total. The molecular formula is C28H24N2O2S2. The molecule has 170 valence electrons. The Labute approximate surface area is 207 Å². The lowest BCUT2D eigenvalue weighted by Crippen LogP contribution is -2.40. The zero-order valence-corrected chi connectivity index (χ0v) is 20.1. The number of amides is 2. The molecule has 4 nitrogen and oxygen atoms in total. The summed E-state index contributed by atoms with van der Waals surface area (Å²) in [4.78, 5) is 31.8. The number of carbonyl (C=O) groups is 2. The van der Waals surface area contributed by atoms with Gasteiger partial charge in [-0.05, 0) is 59.3 Å². The van der Waals surface area contributed by atoms with Crippen LogP contribution in [-0.4, -0.2) is 24.9 Å². The molecule has 2 aromatic heterocycles. The monoisotopic (exact) mass is 484 g/mol. The van der Waals surface area contributed by atoms with Crippen LogP contribution in [-0.2, 0) is 9.59 Å². The number of para-hydroxylation sites is 2. The lowest BCUT2D eigenvalue weighted by molar-refractivity contribution is -0.115. The van der Waals surface area contributed by atoms with Crippen molar-refractivity contribution in [2.75, 3.05) is 22.9 Å². The summed E-state index contributed by atoms with van der Waals surface area (Å²) in [6.45, 7) is 0.705. The van der Waals surface area contributed by atoms with Gasteiger partial charge >= 0.3 is 0 Å². The van der Waals surface area contributed by atoms with E-state index in [9.17, 15) is 9.59 Å². The SMILES string of the molecule is O=C(/C=C/c1cccs1)N(CCN(C(=O)/C=C/c1cccs1)c1ccccc1)c1ccccc1. The molecular weight excluding hydrogens is 460 g/mol. The average Bonchev–Trinajstić information content (AvgIpc) is 3.59. The van der Waals surface area contributed by atoms with E-state index in [0.717, 1.165) is 21.1 Å². The summed E-state index contributed by atoms with van der Waals surface area (Å²) in [6, 6.07) is 26.9. The zero-order chi connectivity index (χ0) is 23.6. The first-order valence-corrected chi connectivity index (χ1v) is 12.6. The van der Waals surface area contributed by atoms with Crippen molar-refractivity contribution in [3.63, 3.8) is 0 Å². The van der Waals surface area contributed by atoms with Gasteiger partial charge in [0, 0.05) is 46.4 Å². The van der Waals surface area contributed by atoms with Crippen LogP contribution in [0.1, 0.15) is 9.75 Å². The molecule has 6 heteroatoms. The maximum Gasteiger partial charge on any atom is 0.251 e. The van der Waals surface area contributed by atoms with Gasteiger partial charge in [-0.2, -0.15) is 0 Å². The van der Waals surface area contributed by atoms with Crippen molar-refractivity contribution in [3.8, 4) is 0 Å². The van der Waals surface area contributed by atoms with E-state index in [1.54, 1.807) is 44.6 Å². The quantitative estimate of drug-likeness (QED) is 0.251. The van der Waals surface area contributed by atoms with E-state index in [4.69, 9.17) is 0 Å². The summed E-state index contributed by atoms with van der Waals surface area (Å²) in [6.07, 6.45) is 6.83. The van der Waals surface area contributed by atoms with E-state index in [1.807, 2.05) is 108 Å². The van der Waals surface area contributed by atoms with Crippen LogP contribution in [0.15, 0.2) is 108 Å². The molecule has 0 aliphatic rings. The van der Waals surface area contributed by atoms with Crippen LogP contribution in [0.2, 0.25) is 0 Å². The third kappa shape index (κ3) is 6.41. The van der Waals surface area contributed by atoms with E-state index < -0.39 is 0 Å². The first kappa shape index (κ1) is 23.4. The molecule has 0 aliphatic carbocycles. The molecule has 0 atom stereocenters. The molecule has 34 heavy (non-hydrogen) atoms. The standard InChI is InChI=1S/C28H24N2O2S2/c31-27(17-15-25-13-7-21-33-25)29(23-9-3-1-4-10-23)19-20-30(24-11-5-2-6-12-24)28(32)18-16-26-14-8-22-34-26/h1-18,21-22H,19-20H2/b17-15+,18-16+. The smallest absolute Gasteiger partial charge is 0.251 e. The number of hydrogen-bond donors (Lipinski definition) is 0. The predicted octanol–water partition coefficient (Wildman–Crippen LogP) is 6.60. The molecule has 0 radical (unpaired) electrons. The van der Waals surface area contributed by atoms with Crippen LogP contribution < -0.4 is 9.80 Å². The highest BCUT2D eigenvalue weighted by Gasteiger charge is 2.18. The Hall–Kier alpha value is -3.74. The fraction of sp³-hybridized carbons (Fsp3) is 0.0714. The number of benzene rings is 2. The summed E-state index contributed by atoms with van der Waals surface area (Å²) in [7, 11) is 0. The Morgan fingerprint density at radius 1 is 0.588 bits per heavy atom. The molecule has 2 heterocycles. The lowest BCUT2D eigenvalue weighted by Gasteiger charge is -2.27. The maximum atomic E-state index is 13.2. The minimum absolute atomic E-state index is 0.130. The summed E-state index contributed by atoms with van der Waals surface area (Å²) in [5, 5.41) is 3.96. The van der Waals surface area contributed by atoms with E-state index in [1.165, 1.54) is 0 Å². The summed E-state index contributed by atoms with van der Waals surface area (Å²) in [5.74, 6) is -0.261. The van der Waals surface area contributed by atoms with Crippen molar-refractivity contribution < 1.29 is 9.59 Å². The highest BCUT2D eigenvalue weighted by molar-refractivity contribution is 7.11. The van der Waals surface area contributed by atoms with Gasteiger partial charge in [-0.3, -0.25) is 9.59 Å². The third-order valence-electron chi connectivity index (χ3n) is 5.08. The van der Waals surface area contributed by atoms with E-state index in [2.05, 4.69) is 0 Å². The Balaban J connectivity index is 1.55. The first-order valence-electron chi connectivity index (χ1n) is 10.9. The Bertz CT molecular complexity index is 1130. The van der Waals surface area contributed by atoms with Crippen molar-refractivity contribution in [3.05, 3.63) is 118 Å². The third-order valence-corrected chi connectivity index (χ3v) is 6.76. The molecule has 2 amide bonds. The molecule has 0 aliphatic heterocycles. The van der Waals surface area contributed by atoms with Gasteiger partial charge in [-0.15, -0.1) is 22.7 Å². The second-order valence-electron chi connectivity index (χ2n) is 7.35. The number of thiophene rings is 2. The van der Waals surface area contributed by atoms with E-state index in [0.29, 0.717) is 13.1 Å². The fourth-order valence-electron chi connectivity index (χ4n) is 3.41. The predicted molar refractivity (Wildman–Crippen MR) is 144 cm³/mol. The maximum absolute atomic E-state index is 13.2. The Morgan fingerprint density at radius 3 is 1.35 bits per heavy atom. The summed E-state index contributed by atoms with van der Waals surface area (Å²) >= 11 is 3.16. The van der Waals surface area contributed by atoms with Crippen molar-refractivity contribution in [2.24, 2.45) is 0 Å². The number of hydrogen-bond acceptors (Lipinski definition) is 4. The van der Waals surface area contributed by atoms with Gasteiger partial charge < -0.3 is 9.80 Å². The van der Waals surface area contributed by atoms with E-state index in [-0.39, 0.29) is 11.8 Å². The van der Waals surface area contributed by atoms with Crippen LogP contribution in [0.4, 0.5) is 11.4 Å². The summed E-state index contributed by atoms with van der Waals surface area (Å²) < 4.78 is 0. The number of rotatable bonds is 9. The lowest BCUT2D eigenvalue weighted by atomic mass is 10.2. The van der Waals surface area contributed by atoms with Crippen molar-refractivity contribution in [1.82, 2.24) is 0 Å². The highest BCUT2D eigenvalue weighted by atomic mass is 32.1. The van der Waals surface area contributed by atoms with Gasteiger partial charge in [-0.25, -0.2) is 0 Å². The van der Waals surface area contributed by atoms with Crippen molar-refractivity contribution in [2.45, 2.75) is 0 Å². The van der Waals surface area contributed by atoms with E-state index >= 15 is 0 Å². The van der Waals surface area contributed by atoms with Crippen LogP contribution in [0, 0.1) is 0 Å². The van der Waals surface area contributed by atoms with Gasteiger partial charge in [0.2, 0.25) is 0 Å². The topological polar surface area (TPSA) is 40.6 Å². The zero-order valence-electron chi connectivity index (χ0n) is 18.5. The number of nitrogens with zero attached hydrogens (tertiary/aromatic N) is 2. The van der Waals surface area contributed by atoms with Gasteiger partial charge in [0.05, 0.1) is 0 Å². The number of anilines is 2. The molecule has 0 saturated carbocycles. The average molecular weight is 485 g/mol. The van der Waals surface area contributed by atoms with Gasteiger partial charge in [0.15, 0.2) is 0 Å². The van der Waals surface area contributed by atoms with Crippen LogP contribution in [0.25, 0.3) is 12.2 Å². The number of carbonyl (C=O) groups excluding carboxylic acids is 2. The van der Waals surface area contributed by atoms with Crippen LogP contribution in [0.5, 0.6) is 0 Å². The molecule has 0 saturated heterocycles. The van der Waals surface area contributed by atoms with Crippen LogP contribution in [0.3, 0.4) is 0 Å². The minimum atomic E-state index is -0.130. The molecule has 2 aromatic carbocycles. The first-order chi connectivity index (χ1) is 16.7. The van der Waals surface area contributed by atoms with Crippen LogP contribution >= 0.6 is 22.7 Å². The largest absolute Gasteiger partial charge is 0.307 e. The summed E-state index contributed by atoms with van der Waals surface area (Å²) in [5.41, 5.74) is 1.58. The Kier molecular flexibility index (Phi) is 8.22. The molecule has 0 spiro atoms. The second-order valence-corrected chi connectivity index (χ2v) is 9.31. The molecule has 4 rings (SSSR count). The Morgan fingerprint density at radius 2 is 1.00 bits per heavy atom.